The number of hydrogen-bond acceptors (Lipinski definition) is 10. The summed E-state index contributed by atoms with van der Waals surface area (Å²) in [7, 11) is 3.95. The molecule has 2 aromatic heterocycles. The number of piperidine rings is 1. The van der Waals surface area contributed by atoms with Gasteiger partial charge in [0.25, 0.3) is 5.91 Å². The Kier molecular flexibility index (Phi) is 6.63. The second-order valence-corrected chi connectivity index (χ2v) is 8.27. The minimum Gasteiger partial charge on any atom is -0.378 e. The lowest BCUT2D eigenvalue weighted by Gasteiger charge is -2.33. The molecule has 0 radical (unpaired) electrons. The van der Waals surface area contributed by atoms with Crippen LogP contribution in [0.2, 0.25) is 0 Å². The van der Waals surface area contributed by atoms with Gasteiger partial charge in [-0.25, -0.2) is 10.1 Å². The van der Waals surface area contributed by atoms with Crippen LogP contribution in [0.5, 0.6) is 0 Å². The van der Waals surface area contributed by atoms with Gasteiger partial charge in [0, 0.05) is 32.4 Å². The number of hydrogen-bond donors (Lipinski definition) is 2. The summed E-state index contributed by atoms with van der Waals surface area (Å²) in [6, 6.07) is 8.16. The van der Waals surface area contributed by atoms with Crippen molar-refractivity contribution >= 4 is 23.6 Å². The van der Waals surface area contributed by atoms with Gasteiger partial charge in [-0.3, -0.25) is 9.69 Å². The highest BCUT2D eigenvalue weighted by Gasteiger charge is 2.28. The lowest BCUT2D eigenvalue weighted by molar-refractivity contribution is 0.0945. The van der Waals surface area contributed by atoms with Gasteiger partial charge < -0.3 is 10.6 Å². The minimum absolute atomic E-state index is 0.0685. The average molecular weight is 453 g/mol. The van der Waals surface area contributed by atoms with Crippen LogP contribution >= 0.6 is 0 Å². The van der Waals surface area contributed by atoms with Crippen molar-refractivity contribution in [1.82, 2.24) is 35.6 Å². The third kappa shape index (κ3) is 5.00. The average Bonchev–Trinajstić information content (AvgIpc) is 3.41. The number of nitrogens with zero attached hydrogens (tertiary/aromatic N) is 8. The number of nitrogens with one attached hydrogen (secondary N) is 1. The van der Waals surface area contributed by atoms with Crippen molar-refractivity contribution in [3.8, 4) is 5.82 Å². The van der Waals surface area contributed by atoms with E-state index in [-0.39, 0.29) is 17.3 Å². The van der Waals surface area contributed by atoms with Crippen LogP contribution in [0, 0.1) is 0 Å². The number of hydrazone groups is 1. The highest BCUT2D eigenvalue weighted by molar-refractivity contribution is 5.94. The standard InChI is InChI=1S/C21H28N10O2/c1-14-6-4-5-11-30(14)13-17-18(24-28-31(17)20-19(22)26-33-27-20)21(32)25-23-12-15-7-9-16(10-8-15)29(2)3/h7-10,12,14H,4-6,11,13H2,1-3H3,(H2,22,26)(H,25,32)/b23-12+/t14-/m0/s1. The van der Waals surface area contributed by atoms with Crippen LogP contribution in [0.25, 0.3) is 5.82 Å². The third-order valence-electron chi connectivity index (χ3n) is 5.76. The summed E-state index contributed by atoms with van der Waals surface area (Å²) in [4.78, 5) is 17.2. The van der Waals surface area contributed by atoms with Crippen molar-refractivity contribution in [2.75, 3.05) is 31.3 Å². The van der Waals surface area contributed by atoms with Crippen molar-refractivity contribution in [3.63, 3.8) is 0 Å². The van der Waals surface area contributed by atoms with Gasteiger partial charge in [-0.05, 0) is 54.3 Å². The second kappa shape index (κ2) is 9.77. The number of amides is 1. The van der Waals surface area contributed by atoms with Gasteiger partial charge in [0.1, 0.15) is 0 Å². The Morgan fingerprint density at radius 1 is 1.30 bits per heavy atom. The lowest BCUT2D eigenvalue weighted by atomic mass is 10.0. The molecule has 174 valence electrons. The van der Waals surface area contributed by atoms with Crippen LogP contribution in [0.4, 0.5) is 11.5 Å². The number of aromatic nitrogens is 5. The molecule has 12 heteroatoms. The van der Waals surface area contributed by atoms with Crippen molar-refractivity contribution < 1.29 is 9.42 Å². The molecule has 1 aliphatic rings. The first-order valence-corrected chi connectivity index (χ1v) is 10.8. The number of carbonyl (C=O) groups is 1. The van der Waals surface area contributed by atoms with E-state index in [1.807, 2.05) is 43.3 Å². The highest BCUT2D eigenvalue weighted by Crippen LogP contribution is 2.22. The van der Waals surface area contributed by atoms with E-state index in [1.54, 1.807) is 6.21 Å². The van der Waals surface area contributed by atoms with E-state index in [9.17, 15) is 4.79 Å². The van der Waals surface area contributed by atoms with E-state index in [1.165, 1.54) is 11.1 Å². The largest absolute Gasteiger partial charge is 0.378 e. The summed E-state index contributed by atoms with van der Waals surface area (Å²) in [5.41, 5.74) is 11.0. The van der Waals surface area contributed by atoms with Gasteiger partial charge in [0.05, 0.1) is 11.9 Å². The first-order chi connectivity index (χ1) is 15.9. The predicted octanol–water partition coefficient (Wildman–Crippen LogP) is 1.44. The van der Waals surface area contributed by atoms with Gasteiger partial charge in [-0.2, -0.15) is 9.78 Å². The van der Waals surface area contributed by atoms with E-state index in [0.717, 1.165) is 30.6 Å². The molecule has 3 aromatic rings. The van der Waals surface area contributed by atoms with Crippen molar-refractivity contribution in [3.05, 3.63) is 41.2 Å². The zero-order chi connectivity index (χ0) is 23.4. The first-order valence-electron chi connectivity index (χ1n) is 10.8. The van der Waals surface area contributed by atoms with Crippen molar-refractivity contribution in [1.29, 1.82) is 0 Å². The fourth-order valence-electron chi connectivity index (χ4n) is 3.79. The van der Waals surface area contributed by atoms with Crippen molar-refractivity contribution in [2.24, 2.45) is 5.10 Å². The van der Waals surface area contributed by atoms with E-state index >= 15 is 0 Å². The monoisotopic (exact) mass is 452 g/mol. The number of anilines is 2. The summed E-state index contributed by atoms with van der Waals surface area (Å²) in [6.07, 6.45) is 4.95. The third-order valence-corrected chi connectivity index (χ3v) is 5.76. The van der Waals surface area contributed by atoms with E-state index in [0.29, 0.717) is 18.3 Å². The molecular weight excluding hydrogens is 424 g/mol. The molecule has 1 amide bonds. The quantitative estimate of drug-likeness (QED) is 0.402. The molecule has 0 saturated carbocycles. The highest BCUT2D eigenvalue weighted by atomic mass is 16.6. The Morgan fingerprint density at radius 2 is 2.09 bits per heavy atom. The topological polar surface area (TPSA) is 144 Å². The number of nitrogen functional groups attached to an aromatic ring is 1. The Hall–Kier alpha value is -3.80. The Labute approximate surface area is 191 Å². The summed E-state index contributed by atoms with van der Waals surface area (Å²) in [5.74, 6) is -0.207. The zero-order valence-electron chi connectivity index (χ0n) is 19.0. The van der Waals surface area contributed by atoms with Crippen LogP contribution in [0.15, 0.2) is 34.0 Å². The Morgan fingerprint density at radius 3 is 2.76 bits per heavy atom. The first kappa shape index (κ1) is 22.4. The van der Waals surface area contributed by atoms with E-state index in [2.05, 4.69) is 43.0 Å². The molecule has 1 aromatic carbocycles. The molecule has 12 nitrogen and oxygen atoms in total. The second-order valence-electron chi connectivity index (χ2n) is 8.27. The molecular formula is C21H28N10O2. The maximum atomic E-state index is 12.9. The SMILES string of the molecule is C[C@H]1CCCCN1Cc1c(C(=O)N/N=C/c2ccc(N(C)C)cc2)nnn1-c1nonc1N. The molecule has 4 rings (SSSR count). The lowest BCUT2D eigenvalue weighted by Crippen LogP contribution is -2.38. The van der Waals surface area contributed by atoms with E-state index < -0.39 is 5.91 Å². The zero-order valence-corrected chi connectivity index (χ0v) is 19.0. The molecule has 33 heavy (non-hydrogen) atoms. The number of benzene rings is 1. The van der Waals surface area contributed by atoms with Gasteiger partial charge in [0.2, 0.25) is 11.6 Å². The molecule has 1 aliphatic heterocycles. The van der Waals surface area contributed by atoms with Crippen LogP contribution in [-0.4, -0.2) is 69.0 Å². The number of nitrogens with two attached hydrogens (primary N) is 1. The maximum Gasteiger partial charge on any atom is 0.293 e. The van der Waals surface area contributed by atoms with Gasteiger partial charge in [-0.1, -0.05) is 23.8 Å². The van der Waals surface area contributed by atoms with Gasteiger partial charge in [0.15, 0.2) is 5.69 Å². The normalized spacial score (nSPS) is 16.9. The predicted molar refractivity (Wildman–Crippen MR) is 123 cm³/mol. The van der Waals surface area contributed by atoms with Gasteiger partial charge in [-0.15, -0.1) is 5.10 Å². The molecule has 1 saturated heterocycles. The summed E-state index contributed by atoms with van der Waals surface area (Å²) < 4.78 is 6.13. The minimum atomic E-state index is -0.475. The molecule has 1 fully saturated rings. The fourth-order valence-corrected chi connectivity index (χ4v) is 3.79. The molecule has 3 N–H and O–H groups in total. The number of rotatable bonds is 7. The maximum absolute atomic E-state index is 12.9. The molecule has 0 spiro atoms. The Bertz CT molecular complexity index is 1120. The molecule has 0 unspecified atom stereocenters. The van der Waals surface area contributed by atoms with Crippen molar-refractivity contribution in [2.45, 2.75) is 38.8 Å². The van der Waals surface area contributed by atoms with Crippen LogP contribution in [0.1, 0.15) is 47.9 Å². The van der Waals surface area contributed by atoms with Gasteiger partial charge >= 0.3 is 0 Å². The summed E-state index contributed by atoms with van der Waals surface area (Å²) >= 11 is 0. The van der Waals surface area contributed by atoms with E-state index in [4.69, 9.17) is 10.4 Å². The molecule has 0 aliphatic carbocycles. The Balaban J connectivity index is 1.55. The molecule has 3 heterocycles. The summed E-state index contributed by atoms with van der Waals surface area (Å²) in [6.45, 7) is 3.55. The van der Waals surface area contributed by atoms with Crippen LogP contribution in [-0.2, 0) is 6.54 Å². The molecule has 0 bridgehead atoms. The number of carbonyl (C=O) groups excluding carboxylic acids is 1. The fraction of sp³-hybridized carbons (Fsp3) is 0.429. The smallest absolute Gasteiger partial charge is 0.293 e. The van der Waals surface area contributed by atoms with Crippen LogP contribution in [0.3, 0.4) is 0 Å². The number of likely N-dealkylation sites (tertiary alicyclic amines) is 1. The summed E-state index contributed by atoms with van der Waals surface area (Å²) in [5, 5.41) is 19.7. The van der Waals surface area contributed by atoms with Crippen LogP contribution < -0.4 is 16.1 Å². The molecule has 1 atom stereocenters.